The average Bonchev–Trinajstić information content (AvgIpc) is 2.66. The Morgan fingerprint density at radius 3 is 2.50 bits per heavy atom. The second kappa shape index (κ2) is 8.79. The van der Waals surface area contributed by atoms with Gasteiger partial charge in [0.25, 0.3) is 5.91 Å². The summed E-state index contributed by atoms with van der Waals surface area (Å²) in [5.41, 5.74) is 5.52. The number of hydrogen-bond acceptors (Lipinski definition) is 7. The molecule has 1 fully saturated rings. The van der Waals surface area contributed by atoms with Crippen molar-refractivity contribution in [3.05, 3.63) is 23.9 Å². The van der Waals surface area contributed by atoms with Gasteiger partial charge in [0.05, 0.1) is 11.5 Å². The van der Waals surface area contributed by atoms with Crippen molar-refractivity contribution >= 4 is 29.6 Å². The lowest BCUT2D eigenvalue weighted by atomic mass is 9.97. The van der Waals surface area contributed by atoms with Crippen LogP contribution >= 0.6 is 0 Å². The Kier molecular flexibility index (Phi) is 6.48. The molecule has 0 atom stereocenters. The van der Waals surface area contributed by atoms with Gasteiger partial charge in [0.2, 0.25) is 5.91 Å². The summed E-state index contributed by atoms with van der Waals surface area (Å²) in [6, 6.07) is 2.66. The van der Waals surface area contributed by atoms with E-state index in [2.05, 4.69) is 10.3 Å². The number of urea groups is 1. The number of anilines is 1. The first kappa shape index (κ1) is 19.2. The van der Waals surface area contributed by atoms with E-state index in [9.17, 15) is 19.2 Å². The highest BCUT2D eigenvalue weighted by Gasteiger charge is 2.27. The quantitative estimate of drug-likeness (QED) is 0.592. The zero-order valence-electron chi connectivity index (χ0n) is 14.4. The van der Waals surface area contributed by atoms with E-state index < -0.39 is 30.4 Å². The smallest absolute Gasteiger partial charge is 0.321 e. The summed E-state index contributed by atoms with van der Waals surface area (Å²) in [4.78, 5) is 51.7. The summed E-state index contributed by atoms with van der Waals surface area (Å²) in [6.45, 7) is 0.683. The third-order valence-corrected chi connectivity index (χ3v) is 4.01. The second-order valence-corrected chi connectivity index (χ2v) is 5.77. The number of esters is 1. The Bertz CT molecular complexity index is 683. The number of nitrogens with two attached hydrogens (primary N) is 1. The van der Waals surface area contributed by atoms with E-state index in [1.54, 1.807) is 12.1 Å². The zero-order valence-corrected chi connectivity index (χ0v) is 14.4. The van der Waals surface area contributed by atoms with Gasteiger partial charge >= 0.3 is 12.0 Å². The molecule has 140 valence electrons. The molecule has 1 aliphatic rings. The summed E-state index contributed by atoms with van der Waals surface area (Å²) in [7, 11) is 1.37. The molecule has 10 heteroatoms. The molecule has 4 N–H and O–H groups in total. The van der Waals surface area contributed by atoms with Crippen LogP contribution in [0.4, 0.5) is 10.6 Å². The number of rotatable bonds is 5. The predicted octanol–water partition coefficient (Wildman–Crippen LogP) is -0.604. The van der Waals surface area contributed by atoms with Crippen LogP contribution in [0.5, 0.6) is 0 Å². The highest BCUT2D eigenvalue weighted by atomic mass is 16.5. The van der Waals surface area contributed by atoms with Gasteiger partial charge in [0, 0.05) is 26.3 Å². The molecule has 2 heterocycles. The predicted molar refractivity (Wildman–Crippen MR) is 91.2 cm³/mol. The fourth-order valence-electron chi connectivity index (χ4n) is 2.54. The zero-order chi connectivity index (χ0) is 19.1. The molecule has 1 saturated heterocycles. The van der Waals surface area contributed by atoms with Crippen LogP contribution in [-0.4, -0.2) is 55.5 Å². The maximum absolute atomic E-state index is 12.0. The minimum absolute atomic E-state index is 0.316. The molecule has 2 rings (SSSR count). The summed E-state index contributed by atoms with van der Waals surface area (Å²) in [5, 5.41) is 4.24. The molecule has 0 aliphatic carbocycles. The molecule has 4 amide bonds. The van der Waals surface area contributed by atoms with E-state index in [0.29, 0.717) is 37.3 Å². The van der Waals surface area contributed by atoms with Crippen LogP contribution < -0.4 is 21.3 Å². The number of aromatic nitrogens is 1. The number of amides is 4. The Balaban J connectivity index is 1.78. The van der Waals surface area contributed by atoms with Crippen molar-refractivity contribution in [1.29, 1.82) is 0 Å². The van der Waals surface area contributed by atoms with Gasteiger partial charge in [-0.05, 0) is 25.0 Å². The van der Waals surface area contributed by atoms with Gasteiger partial charge in [-0.2, -0.15) is 0 Å². The van der Waals surface area contributed by atoms with Crippen LogP contribution in [0.25, 0.3) is 0 Å². The van der Waals surface area contributed by atoms with Crippen molar-refractivity contribution < 1.29 is 23.9 Å². The highest BCUT2D eigenvalue weighted by molar-refractivity contribution is 5.95. The van der Waals surface area contributed by atoms with Crippen molar-refractivity contribution in [2.75, 3.05) is 31.6 Å². The Morgan fingerprint density at radius 1 is 1.27 bits per heavy atom. The van der Waals surface area contributed by atoms with Crippen molar-refractivity contribution in [1.82, 2.24) is 15.6 Å². The molecular weight excluding hydrogens is 342 g/mol. The second-order valence-electron chi connectivity index (χ2n) is 5.77. The number of carbonyl (C=O) groups is 4. The third-order valence-electron chi connectivity index (χ3n) is 4.01. The molecule has 26 heavy (non-hydrogen) atoms. The normalized spacial score (nSPS) is 14.4. The minimum Gasteiger partial charge on any atom is -0.455 e. The summed E-state index contributed by atoms with van der Waals surface area (Å²) >= 11 is 0. The van der Waals surface area contributed by atoms with E-state index in [4.69, 9.17) is 10.5 Å². The molecule has 0 bridgehead atoms. The average molecular weight is 363 g/mol. The fourth-order valence-corrected chi connectivity index (χ4v) is 2.54. The van der Waals surface area contributed by atoms with Gasteiger partial charge in [-0.25, -0.2) is 9.78 Å². The van der Waals surface area contributed by atoms with E-state index in [0.717, 1.165) is 0 Å². The van der Waals surface area contributed by atoms with E-state index in [1.165, 1.54) is 13.2 Å². The topological polar surface area (TPSA) is 144 Å². The maximum atomic E-state index is 12.0. The number of primary amides is 1. The van der Waals surface area contributed by atoms with E-state index in [-0.39, 0.29) is 5.92 Å². The number of imide groups is 1. The van der Waals surface area contributed by atoms with Gasteiger partial charge in [0.15, 0.2) is 6.61 Å². The molecule has 10 nitrogen and oxygen atoms in total. The molecule has 1 aromatic heterocycles. The number of hydrogen-bond donors (Lipinski definition) is 3. The fraction of sp³-hybridized carbons (Fsp3) is 0.438. The molecule has 1 aromatic rings. The molecule has 0 radical (unpaired) electrons. The third kappa shape index (κ3) is 5.16. The van der Waals surface area contributed by atoms with Crippen LogP contribution in [0.3, 0.4) is 0 Å². The number of nitrogens with one attached hydrogen (secondary N) is 2. The van der Waals surface area contributed by atoms with Crippen LogP contribution in [0.1, 0.15) is 23.2 Å². The van der Waals surface area contributed by atoms with Gasteiger partial charge in [-0.3, -0.25) is 19.7 Å². The van der Waals surface area contributed by atoms with Crippen LogP contribution in [0.2, 0.25) is 0 Å². The summed E-state index contributed by atoms with van der Waals surface area (Å²) in [5.74, 6) is -1.30. The van der Waals surface area contributed by atoms with E-state index in [1.807, 2.05) is 10.2 Å². The van der Waals surface area contributed by atoms with Crippen LogP contribution in [-0.2, 0) is 14.3 Å². The first-order valence-electron chi connectivity index (χ1n) is 8.09. The lowest BCUT2D eigenvalue weighted by Gasteiger charge is -2.31. The standard InChI is InChI=1S/C16H21N5O5/c1-18-16(25)20-13(22)9-26-15(24)10-4-6-21(7-5-10)12-3-2-11(8-19-12)14(17)23/h2-3,8,10H,4-7,9H2,1H3,(H2,17,23)(H2,18,20,22,25). The lowest BCUT2D eigenvalue weighted by Crippen LogP contribution is -2.41. The number of piperidine rings is 1. The van der Waals surface area contributed by atoms with Crippen molar-refractivity contribution in [3.8, 4) is 0 Å². The lowest BCUT2D eigenvalue weighted by molar-refractivity contribution is -0.153. The summed E-state index contributed by atoms with van der Waals surface area (Å²) in [6.07, 6.45) is 2.52. The van der Waals surface area contributed by atoms with Gasteiger partial charge < -0.3 is 20.7 Å². The highest BCUT2D eigenvalue weighted by Crippen LogP contribution is 2.22. The molecule has 0 aromatic carbocycles. The molecule has 0 unspecified atom stereocenters. The summed E-state index contributed by atoms with van der Waals surface area (Å²) < 4.78 is 4.96. The maximum Gasteiger partial charge on any atom is 0.321 e. The monoisotopic (exact) mass is 363 g/mol. The van der Waals surface area contributed by atoms with Gasteiger partial charge in [-0.15, -0.1) is 0 Å². The molecule has 1 aliphatic heterocycles. The first-order chi connectivity index (χ1) is 12.4. The molecule has 0 saturated carbocycles. The van der Waals surface area contributed by atoms with Gasteiger partial charge in [-0.1, -0.05) is 0 Å². The number of ether oxygens (including phenoxy) is 1. The van der Waals surface area contributed by atoms with E-state index >= 15 is 0 Å². The van der Waals surface area contributed by atoms with Crippen molar-refractivity contribution in [2.45, 2.75) is 12.8 Å². The van der Waals surface area contributed by atoms with Crippen molar-refractivity contribution in [2.24, 2.45) is 11.7 Å². The Labute approximate surface area is 150 Å². The number of nitrogens with zero attached hydrogens (tertiary/aromatic N) is 2. The Morgan fingerprint density at radius 2 is 1.96 bits per heavy atom. The molecular formula is C16H21N5O5. The van der Waals surface area contributed by atoms with Crippen LogP contribution in [0.15, 0.2) is 18.3 Å². The first-order valence-corrected chi connectivity index (χ1v) is 8.09. The minimum atomic E-state index is -0.686. The Hall–Kier alpha value is -3.17. The SMILES string of the molecule is CNC(=O)NC(=O)COC(=O)C1CCN(c2ccc(C(N)=O)cn2)CC1. The molecule has 0 spiro atoms. The van der Waals surface area contributed by atoms with Crippen molar-refractivity contribution in [3.63, 3.8) is 0 Å². The largest absolute Gasteiger partial charge is 0.455 e. The van der Waals surface area contributed by atoms with Crippen LogP contribution in [0, 0.1) is 5.92 Å². The number of pyridine rings is 1. The van der Waals surface area contributed by atoms with Gasteiger partial charge in [0.1, 0.15) is 5.82 Å². The number of carbonyl (C=O) groups excluding carboxylic acids is 4.